The molecule has 2 aliphatic heterocycles. The van der Waals surface area contributed by atoms with Crippen LogP contribution < -0.4 is 15.1 Å². The lowest BCUT2D eigenvalue weighted by molar-refractivity contribution is -0.122. The van der Waals surface area contributed by atoms with Crippen LogP contribution in [-0.2, 0) is 9.59 Å². The van der Waals surface area contributed by atoms with E-state index in [0.717, 1.165) is 31.8 Å². The molecule has 2 aliphatic rings. The average molecular weight is 494 g/mol. The Morgan fingerprint density at radius 3 is 2.38 bits per heavy atom. The fourth-order valence-electron chi connectivity index (χ4n) is 4.18. The van der Waals surface area contributed by atoms with E-state index in [2.05, 4.69) is 53.0 Å². The predicted octanol–water partition coefficient (Wildman–Crippen LogP) is 5.06. The van der Waals surface area contributed by atoms with Crippen LogP contribution in [0.4, 0.5) is 16.2 Å². The smallest absolute Gasteiger partial charge is 0.335 e. The second kappa shape index (κ2) is 7.74. The Hall–Kier alpha value is -3.19. The van der Waals surface area contributed by atoms with Crippen LogP contribution in [0, 0.1) is 6.92 Å². The third kappa shape index (κ3) is 3.66. The number of amides is 4. The van der Waals surface area contributed by atoms with Crippen molar-refractivity contribution in [3.63, 3.8) is 0 Å². The molecule has 0 aromatic heterocycles. The van der Waals surface area contributed by atoms with Gasteiger partial charge in [-0.3, -0.25) is 14.9 Å². The zero-order valence-corrected chi connectivity index (χ0v) is 20.2. The number of hydrogen-bond donors (Lipinski definition) is 1. The van der Waals surface area contributed by atoms with Crippen LogP contribution >= 0.6 is 15.9 Å². The van der Waals surface area contributed by atoms with Crippen molar-refractivity contribution in [2.75, 3.05) is 16.8 Å². The van der Waals surface area contributed by atoms with Gasteiger partial charge in [0.25, 0.3) is 11.8 Å². The van der Waals surface area contributed by atoms with Gasteiger partial charge in [0.1, 0.15) is 5.57 Å². The molecule has 32 heavy (non-hydrogen) atoms. The molecule has 6 nitrogen and oxygen atoms in total. The maximum Gasteiger partial charge on any atom is 0.335 e. The van der Waals surface area contributed by atoms with E-state index in [-0.39, 0.29) is 11.1 Å². The highest BCUT2D eigenvalue weighted by Gasteiger charge is 2.37. The van der Waals surface area contributed by atoms with Crippen molar-refractivity contribution < 1.29 is 14.4 Å². The molecule has 1 fully saturated rings. The number of fused-ring (bicyclic) bond motifs is 1. The van der Waals surface area contributed by atoms with Gasteiger partial charge in [0.2, 0.25) is 0 Å². The summed E-state index contributed by atoms with van der Waals surface area (Å²) in [6.07, 6.45) is 3.74. The molecule has 4 rings (SSSR count). The van der Waals surface area contributed by atoms with E-state index in [4.69, 9.17) is 0 Å². The number of benzene rings is 2. The van der Waals surface area contributed by atoms with Gasteiger partial charge < -0.3 is 4.90 Å². The lowest BCUT2D eigenvalue weighted by Gasteiger charge is -2.40. The summed E-state index contributed by atoms with van der Waals surface area (Å²) in [5, 5.41) is 2.29. The van der Waals surface area contributed by atoms with Gasteiger partial charge in [-0.05, 0) is 80.8 Å². The minimum atomic E-state index is -0.754. The number of aryl methyl sites for hydroxylation is 1. The summed E-state index contributed by atoms with van der Waals surface area (Å²) in [7, 11) is 2.04. The van der Waals surface area contributed by atoms with Gasteiger partial charge in [-0.1, -0.05) is 28.1 Å². The van der Waals surface area contributed by atoms with Crippen molar-refractivity contribution >= 4 is 56.8 Å². The van der Waals surface area contributed by atoms with E-state index >= 15 is 0 Å². The second-order valence-corrected chi connectivity index (χ2v) is 9.62. The number of halogens is 1. The summed E-state index contributed by atoms with van der Waals surface area (Å²) in [5.74, 6) is -1.35. The normalized spacial score (nSPS) is 19.1. The van der Waals surface area contributed by atoms with Gasteiger partial charge in [0, 0.05) is 22.8 Å². The number of nitrogens with one attached hydrogen (secondary N) is 1. The molecule has 1 saturated heterocycles. The van der Waals surface area contributed by atoms with Crippen LogP contribution in [0.5, 0.6) is 0 Å². The maximum absolute atomic E-state index is 13.2. The number of likely N-dealkylation sites (N-methyl/N-ethyl adjacent to an activating group) is 1. The molecular formula is C25H24BrN3O3. The molecule has 2 aromatic carbocycles. The first-order valence-corrected chi connectivity index (χ1v) is 11.0. The van der Waals surface area contributed by atoms with Crippen LogP contribution in [0.3, 0.4) is 0 Å². The number of barbiturate groups is 1. The monoisotopic (exact) mass is 493 g/mol. The van der Waals surface area contributed by atoms with E-state index < -0.39 is 17.8 Å². The quantitative estimate of drug-likeness (QED) is 0.469. The molecule has 1 N–H and O–H groups in total. The largest absolute Gasteiger partial charge is 0.366 e. The molecule has 2 aromatic rings. The van der Waals surface area contributed by atoms with Crippen molar-refractivity contribution in [2.45, 2.75) is 33.2 Å². The SMILES string of the molecule is CC1=CC(C)(C)N(C)c2ccc(/C=C3\C(=O)NC(=O)N(c4ccc(Br)cc4C)C3=O)cc21. The van der Waals surface area contributed by atoms with E-state index in [1.165, 1.54) is 0 Å². The third-order valence-corrected chi connectivity index (χ3v) is 6.55. The molecule has 7 heteroatoms. The predicted molar refractivity (Wildman–Crippen MR) is 130 cm³/mol. The number of nitrogens with zero attached hydrogens (tertiary/aromatic N) is 2. The van der Waals surface area contributed by atoms with Crippen molar-refractivity contribution in [3.05, 3.63) is 69.2 Å². The average Bonchev–Trinajstić information content (AvgIpc) is 2.70. The van der Waals surface area contributed by atoms with Crippen molar-refractivity contribution in [1.29, 1.82) is 0 Å². The van der Waals surface area contributed by atoms with Gasteiger partial charge in [-0.2, -0.15) is 0 Å². The van der Waals surface area contributed by atoms with E-state index in [1.807, 2.05) is 31.3 Å². The first-order valence-electron chi connectivity index (χ1n) is 10.2. The number of rotatable bonds is 2. The van der Waals surface area contributed by atoms with Crippen molar-refractivity contribution in [3.8, 4) is 0 Å². The highest BCUT2D eigenvalue weighted by molar-refractivity contribution is 9.10. The Labute approximate surface area is 195 Å². The summed E-state index contributed by atoms with van der Waals surface area (Å²) in [4.78, 5) is 41.5. The standard InChI is InChI=1S/C25H24BrN3O3/c1-14-10-17(26)7-9-20(14)29-23(31)19(22(30)27-24(29)32)12-16-6-8-21-18(11-16)15(2)13-25(3,4)28(21)5/h6-13H,1-5H3,(H,27,30,32)/b19-12+. The van der Waals surface area contributed by atoms with Crippen molar-refractivity contribution in [1.82, 2.24) is 5.32 Å². The Bertz CT molecular complexity index is 1240. The zero-order valence-electron chi connectivity index (χ0n) is 18.6. The molecule has 0 spiro atoms. The lowest BCUT2D eigenvalue weighted by Crippen LogP contribution is -2.54. The number of hydrogen-bond acceptors (Lipinski definition) is 4. The van der Waals surface area contributed by atoms with Crippen LogP contribution in [0.15, 0.2) is 52.5 Å². The van der Waals surface area contributed by atoms with Crippen LogP contribution in [0.1, 0.15) is 37.5 Å². The van der Waals surface area contributed by atoms with Gasteiger partial charge in [0.15, 0.2) is 0 Å². The molecule has 2 heterocycles. The summed E-state index contributed by atoms with van der Waals surface area (Å²) < 4.78 is 0.834. The Morgan fingerprint density at radius 2 is 1.69 bits per heavy atom. The molecule has 0 aliphatic carbocycles. The van der Waals surface area contributed by atoms with E-state index in [9.17, 15) is 14.4 Å². The fraction of sp³-hybridized carbons (Fsp3) is 0.240. The van der Waals surface area contributed by atoms with Crippen LogP contribution in [-0.4, -0.2) is 30.4 Å². The molecule has 164 valence electrons. The van der Waals surface area contributed by atoms with Crippen LogP contribution in [0.25, 0.3) is 11.6 Å². The van der Waals surface area contributed by atoms with Gasteiger partial charge in [-0.15, -0.1) is 0 Å². The number of imide groups is 2. The summed E-state index contributed by atoms with van der Waals surface area (Å²) >= 11 is 3.38. The third-order valence-electron chi connectivity index (χ3n) is 6.05. The summed E-state index contributed by atoms with van der Waals surface area (Å²) in [5.41, 5.74) is 4.94. The van der Waals surface area contributed by atoms with Gasteiger partial charge in [-0.25, -0.2) is 9.69 Å². The Kier molecular flexibility index (Phi) is 5.33. The molecular weight excluding hydrogens is 470 g/mol. The molecule has 4 amide bonds. The minimum Gasteiger partial charge on any atom is -0.366 e. The van der Waals surface area contributed by atoms with E-state index in [1.54, 1.807) is 25.1 Å². The summed E-state index contributed by atoms with van der Waals surface area (Å²) in [6.45, 7) is 8.16. The number of urea groups is 1. The maximum atomic E-state index is 13.2. The zero-order chi connectivity index (χ0) is 23.4. The van der Waals surface area contributed by atoms with Crippen LogP contribution in [0.2, 0.25) is 0 Å². The number of allylic oxidation sites excluding steroid dienone is 1. The highest BCUT2D eigenvalue weighted by Crippen LogP contribution is 2.38. The molecule has 0 saturated carbocycles. The number of carbonyl (C=O) groups is 3. The number of carbonyl (C=O) groups excluding carboxylic acids is 3. The molecule has 0 atom stereocenters. The Balaban J connectivity index is 1.75. The number of anilines is 2. The second-order valence-electron chi connectivity index (χ2n) is 8.71. The Morgan fingerprint density at radius 1 is 1.00 bits per heavy atom. The minimum absolute atomic E-state index is 0.0852. The van der Waals surface area contributed by atoms with Gasteiger partial charge in [0.05, 0.1) is 11.2 Å². The molecule has 0 bridgehead atoms. The molecule has 0 unspecified atom stereocenters. The topological polar surface area (TPSA) is 69.7 Å². The molecule has 0 radical (unpaired) electrons. The highest BCUT2D eigenvalue weighted by atomic mass is 79.9. The first kappa shape index (κ1) is 22.0. The van der Waals surface area contributed by atoms with Crippen molar-refractivity contribution in [2.24, 2.45) is 0 Å². The lowest BCUT2D eigenvalue weighted by atomic mass is 9.88. The fourth-order valence-corrected chi connectivity index (χ4v) is 4.65. The first-order chi connectivity index (χ1) is 15.0. The summed E-state index contributed by atoms with van der Waals surface area (Å²) in [6, 6.07) is 10.3. The van der Waals surface area contributed by atoms with E-state index in [0.29, 0.717) is 11.3 Å². The van der Waals surface area contributed by atoms with Gasteiger partial charge >= 0.3 is 6.03 Å².